The van der Waals surface area contributed by atoms with Crippen molar-refractivity contribution in [1.82, 2.24) is 5.32 Å². The van der Waals surface area contributed by atoms with Gasteiger partial charge in [0.1, 0.15) is 72.7 Å². The quantitative estimate of drug-likeness (QED) is 0.0341. The number of thioether (sulfide) groups is 1. The third-order valence-corrected chi connectivity index (χ3v) is 16.9. The molecule has 19 nitrogen and oxygen atoms in total. The van der Waals surface area contributed by atoms with Gasteiger partial charge in [0, 0.05) is 25.7 Å². The van der Waals surface area contributed by atoms with E-state index in [1.807, 2.05) is 183 Å². The molecule has 20 heteroatoms. The SMILES string of the molecule is COc1ccc(CO[C@H]2[C@@H](O[C@@H]3[C@@H](NC(C)=O)[C@@H](O[C@@H]4[C@@H](OCc5ccccc5)[C@H](C)O[C@@H](Sc5ccccc5)[C@@H]4OC(=O)c4ccccc4)O[C@H](COC(C)=O)[C@H]3OC(C)=O)O[C@H](COCc3ccccc3)[C@H](OCc3ccccc3)[C@@H]2OCc2ccccc2)cc1. The van der Waals surface area contributed by atoms with E-state index >= 15 is 0 Å². The average Bonchev–Trinajstić information content (AvgIpc) is 0.852. The maximum atomic E-state index is 14.6. The molecule has 3 fully saturated rings. The molecular weight excluding hydrogens is 1210 g/mol. The van der Waals surface area contributed by atoms with Gasteiger partial charge in [0.25, 0.3) is 0 Å². The zero-order valence-electron chi connectivity index (χ0n) is 52.5. The summed E-state index contributed by atoms with van der Waals surface area (Å²) >= 11 is 1.31. The topological polar surface area (TPSA) is 210 Å². The van der Waals surface area contributed by atoms with Crippen LogP contribution in [-0.2, 0) is 109 Å². The smallest absolute Gasteiger partial charge is 0.338 e. The van der Waals surface area contributed by atoms with E-state index in [1.165, 1.54) is 32.5 Å². The van der Waals surface area contributed by atoms with E-state index in [9.17, 15) is 19.2 Å². The van der Waals surface area contributed by atoms with Gasteiger partial charge in [-0.3, -0.25) is 14.4 Å². The van der Waals surface area contributed by atoms with Gasteiger partial charge in [-0.2, -0.15) is 0 Å². The summed E-state index contributed by atoms with van der Waals surface area (Å²) in [7, 11) is 1.58. The minimum absolute atomic E-state index is 0.0156. The monoisotopic (exact) mass is 1290 g/mol. The number of amides is 1. The van der Waals surface area contributed by atoms with Crippen molar-refractivity contribution in [3.8, 4) is 5.75 Å². The molecule has 7 aromatic rings. The van der Waals surface area contributed by atoms with Crippen molar-refractivity contribution in [1.29, 1.82) is 0 Å². The molecule has 3 aliphatic heterocycles. The Labute approximate surface area is 546 Å². The number of hydrogen-bond acceptors (Lipinski definition) is 19. The van der Waals surface area contributed by atoms with Crippen molar-refractivity contribution in [2.24, 2.45) is 0 Å². The molecular formula is C73H79NO18S. The van der Waals surface area contributed by atoms with Crippen LogP contribution < -0.4 is 10.1 Å². The fourth-order valence-corrected chi connectivity index (χ4v) is 12.5. The lowest BCUT2D eigenvalue weighted by Gasteiger charge is -2.51. The molecule has 93 heavy (non-hydrogen) atoms. The van der Waals surface area contributed by atoms with Gasteiger partial charge in [0.05, 0.1) is 58.4 Å². The van der Waals surface area contributed by atoms with Crippen LogP contribution >= 0.6 is 11.8 Å². The Hall–Kier alpha value is -7.83. The summed E-state index contributed by atoms with van der Waals surface area (Å²) in [4.78, 5) is 56.0. The highest BCUT2D eigenvalue weighted by Gasteiger charge is 2.58. The highest BCUT2D eigenvalue weighted by atomic mass is 32.2. The minimum Gasteiger partial charge on any atom is -0.497 e. The zero-order chi connectivity index (χ0) is 64.9. The minimum atomic E-state index is -1.62. The Morgan fingerprint density at radius 3 is 1.45 bits per heavy atom. The van der Waals surface area contributed by atoms with E-state index in [2.05, 4.69) is 5.32 Å². The molecule has 1 amide bonds. The zero-order valence-corrected chi connectivity index (χ0v) is 53.3. The number of benzene rings is 7. The number of ether oxygens (including phenoxy) is 14. The average molecular weight is 1290 g/mol. The highest BCUT2D eigenvalue weighted by molar-refractivity contribution is 7.99. The molecule has 1 N–H and O–H groups in total. The first-order valence-electron chi connectivity index (χ1n) is 31.0. The number of esters is 3. The Balaban J connectivity index is 1.10. The summed E-state index contributed by atoms with van der Waals surface area (Å²) in [5, 5.41) is 3.03. The summed E-state index contributed by atoms with van der Waals surface area (Å²) in [6, 6.07) is 62.4. The van der Waals surface area contributed by atoms with Crippen LogP contribution in [0.15, 0.2) is 211 Å². The first-order valence-corrected chi connectivity index (χ1v) is 31.9. The van der Waals surface area contributed by atoms with E-state index in [0.717, 1.165) is 32.7 Å². The first-order chi connectivity index (χ1) is 45.3. The van der Waals surface area contributed by atoms with Crippen LogP contribution in [0.3, 0.4) is 0 Å². The maximum Gasteiger partial charge on any atom is 0.338 e. The van der Waals surface area contributed by atoms with Gasteiger partial charge in [0.15, 0.2) is 24.8 Å². The van der Waals surface area contributed by atoms with Gasteiger partial charge in [-0.05, 0) is 71.1 Å². The Bertz CT molecular complexity index is 3400. The van der Waals surface area contributed by atoms with Gasteiger partial charge in [-0.1, -0.05) is 182 Å². The number of nitrogens with one attached hydrogen (secondary N) is 1. The van der Waals surface area contributed by atoms with Crippen molar-refractivity contribution in [2.45, 2.75) is 157 Å². The Kier molecular flexibility index (Phi) is 25.1. The number of carbonyl (C=O) groups excluding carboxylic acids is 4. The third-order valence-electron chi connectivity index (χ3n) is 15.8. The van der Waals surface area contributed by atoms with Crippen LogP contribution in [0.5, 0.6) is 5.75 Å². The van der Waals surface area contributed by atoms with Gasteiger partial charge in [-0.25, -0.2) is 4.79 Å². The van der Waals surface area contributed by atoms with Crippen molar-refractivity contribution in [3.63, 3.8) is 0 Å². The second kappa shape index (κ2) is 34.4. The van der Waals surface area contributed by atoms with Crippen LogP contribution in [0.25, 0.3) is 0 Å². The van der Waals surface area contributed by atoms with E-state index < -0.39 is 122 Å². The molecule has 0 aliphatic carbocycles. The molecule has 0 spiro atoms. The lowest BCUT2D eigenvalue weighted by atomic mass is 9.94. The molecule has 15 atom stereocenters. The van der Waals surface area contributed by atoms with Crippen LogP contribution in [0.4, 0.5) is 0 Å². The van der Waals surface area contributed by atoms with Crippen molar-refractivity contribution < 1.29 is 85.5 Å². The highest BCUT2D eigenvalue weighted by Crippen LogP contribution is 2.41. The number of rotatable bonds is 29. The maximum absolute atomic E-state index is 14.6. The molecule has 3 heterocycles. The Morgan fingerprint density at radius 1 is 0.441 bits per heavy atom. The lowest BCUT2D eigenvalue weighted by Crippen LogP contribution is -2.70. The lowest BCUT2D eigenvalue weighted by molar-refractivity contribution is -0.366. The normalized spacial score (nSPS) is 26.1. The molecule has 0 unspecified atom stereocenters. The van der Waals surface area contributed by atoms with E-state index in [-0.39, 0.29) is 45.2 Å². The second-order valence-corrected chi connectivity index (χ2v) is 23.8. The van der Waals surface area contributed by atoms with E-state index in [4.69, 9.17) is 66.3 Å². The summed E-state index contributed by atoms with van der Waals surface area (Å²) in [6.07, 6.45) is -15.9. The van der Waals surface area contributed by atoms with Gasteiger partial charge in [0.2, 0.25) is 5.91 Å². The van der Waals surface area contributed by atoms with Crippen LogP contribution in [-0.4, -0.2) is 135 Å². The predicted molar refractivity (Wildman–Crippen MR) is 342 cm³/mol. The predicted octanol–water partition coefficient (Wildman–Crippen LogP) is 10.5. The molecule has 10 rings (SSSR count). The fourth-order valence-electron chi connectivity index (χ4n) is 11.3. The first kappa shape index (κ1) is 68.0. The Morgan fingerprint density at radius 2 is 0.914 bits per heavy atom. The molecule has 3 saturated heterocycles. The largest absolute Gasteiger partial charge is 0.497 e. The van der Waals surface area contributed by atoms with Crippen molar-refractivity contribution in [3.05, 3.63) is 240 Å². The molecule has 490 valence electrons. The van der Waals surface area contributed by atoms with E-state index in [0.29, 0.717) is 5.75 Å². The summed E-state index contributed by atoms with van der Waals surface area (Å²) in [5.41, 5.74) is 3.51. The fraction of sp³-hybridized carbons (Fsp3) is 0.370. The number of hydrogen-bond donors (Lipinski definition) is 1. The molecule has 0 bridgehead atoms. The summed E-state index contributed by atoms with van der Waals surface area (Å²) in [6.45, 7) is 5.49. The third kappa shape index (κ3) is 19.4. The van der Waals surface area contributed by atoms with Crippen molar-refractivity contribution in [2.75, 3.05) is 20.3 Å². The van der Waals surface area contributed by atoms with Crippen LogP contribution in [0.1, 0.15) is 65.9 Å². The molecule has 3 aliphatic rings. The van der Waals surface area contributed by atoms with Gasteiger partial charge in [-0.15, -0.1) is 0 Å². The number of carbonyl (C=O) groups is 4. The summed E-state index contributed by atoms with van der Waals surface area (Å²) in [5.74, 6) is -2.08. The summed E-state index contributed by atoms with van der Waals surface area (Å²) < 4.78 is 94.4. The molecule has 0 aromatic heterocycles. The van der Waals surface area contributed by atoms with Crippen LogP contribution in [0, 0.1) is 0 Å². The van der Waals surface area contributed by atoms with Gasteiger partial charge < -0.3 is 71.6 Å². The molecule has 0 radical (unpaired) electrons. The van der Waals surface area contributed by atoms with Crippen molar-refractivity contribution >= 4 is 35.6 Å². The molecule has 7 aromatic carbocycles. The standard InChI is InChI=1S/C73H79NO18S/c1-47-62(82-41-52-26-14-7-15-27-52)67(69(90-70(78)56-32-20-10-21-33-56)73(86-47)93-58-34-22-11-23-35-58)92-71-61(74-48(2)75)65(64(87-50(4)77)60(88-71)46-81-49(3)76)91-72-68(85-44-55-36-38-57(79-5)39-37-55)66(84-43-54-30-18-9-19-31-54)63(83-42-53-28-16-8-17-29-53)59(89-72)45-80-40-51-24-12-6-13-25-51/h6-39,47,59-69,71-73H,40-46H2,1-5H3,(H,74,75)/t47-,59+,60+,61+,62-,63-,64+,65+,66-,67+,68+,69+,71+,72+,73-/m0/s1. The van der Waals surface area contributed by atoms with E-state index in [1.54, 1.807) is 37.4 Å². The second-order valence-electron chi connectivity index (χ2n) is 22.7. The van der Waals surface area contributed by atoms with Crippen LogP contribution in [0.2, 0.25) is 0 Å². The number of methoxy groups -OCH3 is 1. The molecule has 0 saturated carbocycles. The van der Waals surface area contributed by atoms with Gasteiger partial charge >= 0.3 is 17.9 Å².